The Kier molecular flexibility index (Phi) is 5.42. The van der Waals surface area contributed by atoms with Crippen LogP contribution < -0.4 is 5.32 Å². The molecule has 0 unspecified atom stereocenters. The Morgan fingerprint density at radius 3 is 2.52 bits per heavy atom. The van der Waals surface area contributed by atoms with Gasteiger partial charge in [0.25, 0.3) is 0 Å². The molecule has 0 aliphatic carbocycles. The molecular formula is C20H20N4S. The van der Waals surface area contributed by atoms with E-state index in [0.717, 1.165) is 22.8 Å². The number of rotatable bonds is 6. The van der Waals surface area contributed by atoms with Crippen molar-refractivity contribution in [2.24, 2.45) is 5.92 Å². The van der Waals surface area contributed by atoms with Crippen molar-refractivity contribution in [2.75, 3.05) is 5.32 Å². The van der Waals surface area contributed by atoms with Crippen LogP contribution >= 0.6 is 11.3 Å². The first kappa shape index (κ1) is 17.1. The molecule has 25 heavy (non-hydrogen) atoms. The van der Waals surface area contributed by atoms with E-state index in [9.17, 15) is 0 Å². The smallest absolute Gasteiger partial charge is 0.228 e. The molecule has 0 bridgehead atoms. The molecule has 0 saturated carbocycles. The van der Waals surface area contributed by atoms with Crippen molar-refractivity contribution in [3.05, 3.63) is 64.9 Å². The third kappa shape index (κ3) is 4.43. The largest absolute Gasteiger partial charge is 0.300 e. The number of anilines is 2. The van der Waals surface area contributed by atoms with Gasteiger partial charge >= 0.3 is 0 Å². The summed E-state index contributed by atoms with van der Waals surface area (Å²) in [7, 11) is 0. The predicted octanol–water partition coefficient (Wildman–Crippen LogP) is 4.64. The number of thiazole rings is 1. The summed E-state index contributed by atoms with van der Waals surface area (Å²) in [6.45, 7) is 4.46. The summed E-state index contributed by atoms with van der Waals surface area (Å²) < 4.78 is 0. The van der Waals surface area contributed by atoms with E-state index in [1.807, 2.05) is 12.1 Å². The molecule has 2 aromatic heterocycles. The molecule has 126 valence electrons. The van der Waals surface area contributed by atoms with Gasteiger partial charge in [-0.25, -0.2) is 15.0 Å². The summed E-state index contributed by atoms with van der Waals surface area (Å²) in [6.07, 6.45) is 9.79. The van der Waals surface area contributed by atoms with Gasteiger partial charge in [0, 0.05) is 29.3 Å². The van der Waals surface area contributed by atoms with Gasteiger partial charge in [-0.2, -0.15) is 0 Å². The van der Waals surface area contributed by atoms with Crippen LogP contribution in [0.5, 0.6) is 0 Å². The van der Waals surface area contributed by atoms with Gasteiger partial charge in [0.15, 0.2) is 5.13 Å². The summed E-state index contributed by atoms with van der Waals surface area (Å²) in [5.74, 6) is 4.05. The average molecular weight is 348 g/mol. The fourth-order valence-electron chi connectivity index (χ4n) is 2.65. The van der Waals surface area contributed by atoms with Crippen molar-refractivity contribution in [2.45, 2.75) is 26.2 Å². The van der Waals surface area contributed by atoms with E-state index < -0.39 is 0 Å². The first-order valence-electron chi connectivity index (χ1n) is 8.20. The fourth-order valence-corrected chi connectivity index (χ4v) is 3.41. The molecule has 0 amide bonds. The molecule has 0 radical (unpaired) electrons. The van der Waals surface area contributed by atoms with Crippen LogP contribution in [-0.4, -0.2) is 15.0 Å². The molecule has 3 rings (SSSR count). The summed E-state index contributed by atoms with van der Waals surface area (Å²) in [5.41, 5.74) is 3.28. The van der Waals surface area contributed by atoms with Crippen LogP contribution in [0.25, 0.3) is 0 Å². The van der Waals surface area contributed by atoms with E-state index in [0.29, 0.717) is 17.8 Å². The van der Waals surface area contributed by atoms with Crippen LogP contribution in [0.15, 0.2) is 48.1 Å². The quantitative estimate of drug-likeness (QED) is 0.659. The highest BCUT2D eigenvalue weighted by molar-refractivity contribution is 7.13. The van der Waals surface area contributed by atoms with Crippen molar-refractivity contribution < 1.29 is 0 Å². The highest BCUT2D eigenvalue weighted by Crippen LogP contribution is 2.31. The van der Waals surface area contributed by atoms with Gasteiger partial charge in [-0.1, -0.05) is 31.9 Å². The monoisotopic (exact) mass is 348 g/mol. The number of hydrogen-bond acceptors (Lipinski definition) is 5. The Morgan fingerprint density at radius 2 is 1.88 bits per heavy atom. The second kappa shape index (κ2) is 7.91. The first-order chi connectivity index (χ1) is 12.2. The van der Waals surface area contributed by atoms with Gasteiger partial charge in [0.2, 0.25) is 5.95 Å². The van der Waals surface area contributed by atoms with Gasteiger partial charge in [0.05, 0.1) is 5.69 Å². The van der Waals surface area contributed by atoms with Crippen molar-refractivity contribution in [3.8, 4) is 12.3 Å². The summed E-state index contributed by atoms with van der Waals surface area (Å²) in [5, 5.41) is 6.09. The molecular weight excluding hydrogens is 328 g/mol. The first-order valence-corrected chi connectivity index (χ1v) is 9.08. The maximum absolute atomic E-state index is 5.43. The zero-order valence-electron chi connectivity index (χ0n) is 14.3. The van der Waals surface area contributed by atoms with Crippen LogP contribution in [0.2, 0.25) is 0 Å². The molecule has 2 heterocycles. The van der Waals surface area contributed by atoms with E-state index in [1.165, 1.54) is 5.56 Å². The Bertz CT molecular complexity index is 847. The van der Waals surface area contributed by atoms with E-state index in [2.05, 4.69) is 52.6 Å². The summed E-state index contributed by atoms with van der Waals surface area (Å²) >= 11 is 1.58. The second-order valence-electron chi connectivity index (χ2n) is 6.17. The van der Waals surface area contributed by atoms with E-state index in [1.54, 1.807) is 29.8 Å². The molecule has 0 fully saturated rings. The van der Waals surface area contributed by atoms with Crippen molar-refractivity contribution >= 4 is 22.4 Å². The lowest BCUT2D eigenvalue weighted by molar-refractivity contribution is 0.487. The van der Waals surface area contributed by atoms with Gasteiger partial charge in [-0.05, 0) is 36.1 Å². The lowest BCUT2D eigenvalue weighted by Crippen LogP contribution is -2.11. The van der Waals surface area contributed by atoms with E-state index >= 15 is 0 Å². The Balaban J connectivity index is 1.75. The van der Waals surface area contributed by atoms with E-state index in [4.69, 9.17) is 11.4 Å². The molecule has 0 spiro atoms. The number of hydrogen-bond donors (Lipinski definition) is 1. The molecule has 1 atom stereocenters. The molecule has 0 saturated heterocycles. The number of terminal acetylenes is 1. The Morgan fingerprint density at radius 1 is 1.16 bits per heavy atom. The third-order valence-corrected chi connectivity index (χ3v) is 4.84. The molecule has 5 heteroatoms. The van der Waals surface area contributed by atoms with E-state index in [-0.39, 0.29) is 0 Å². The lowest BCUT2D eigenvalue weighted by Gasteiger charge is -2.19. The maximum atomic E-state index is 5.43. The second-order valence-corrected chi connectivity index (χ2v) is 7.03. The predicted molar refractivity (Wildman–Crippen MR) is 103 cm³/mol. The minimum atomic E-state index is 0.347. The Labute approximate surface area is 152 Å². The summed E-state index contributed by atoms with van der Waals surface area (Å²) in [6, 6.07) is 9.99. The van der Waals surface area contributed by atoms with Gasteiger partial charge in [-0.3, -0.25) is 0 Å². The molecule has 1 N–H and O–H groups in total. The zero-order chi connectivity index (χ0) is 17.6. The zero-order valence-corrected chi connectivity index (χ0v) is 15.1. The minimum absolute atomic E-state index is 0.347. The molecule has 1 aromatic carbocycles. The van der Waals surface area contributed by atoms with Crippen LogP contribution in [-0.2, 0) is 6.42 Å². The average Bonchev–Trinajstić information content (AvgIpc) is 3.09. The van der Waals surface area contributed by atoms with Crippen LogP contribution in [0, 0.1) is 18.3 Å². The molecule has 0 aliphatic heterocycles. The van der Waals surface area contributed by atoms with Crippen molar-refractivity contribution in [3.63, 3.8) is 0 Å². The van der Waals surface area contributed by atoms with Crippen LogP contribution in [0.1, 0.15) is 36.6 Å². The number of aromatic nitrogens is 3. The Hall–Kier alpha value is -2.71. The number of benzene rings is 1. The SMILES string of the molecule is C#Cc1ccc(C[C@H](c2csc(Nc3ncccn3)n2)C(C)C)cc1. The number of nitrogens with zero attached hydrogens (tertiary/aromatic N) is 3. The summed E-state index contributed by atoms with van der Waals surface area (Å²) in [4.78, 5) is 13.1. The van der Waals surface area contributed by atoms with Crippen molar-refractivity contribution in [1.82, 2.24) is 15.0 Å². The van der Waals surface area contributed by atoms with Gasteiger partial charge in [-0.15, -0.1) is 17.8 Å². The highest BCUT2D eigenvalue weighted by atomic mass is 32.1. The molecule has 0 aliphatic rings. The van der Waals surface area contributed by atoms with Gasteiger partial charge < -0.3 is 5.32 Å². The van der Waals surface area contributed by atoms with Crippen LogP contribution in [0.3, 0.4) is 0 Å². The fraction of sp³-hybridized carbons (Fsp3) is 0.250. The molecule has 3 aromatic rings. The lowest BCUT2D eigenvalue weighted by atomic mass is 9.87. The minimum Gasteiger partial charge on any atom is -0.300 e. The topological polar surface area (TPSA) is 50.7 Å². The number of nitrogens with one attached hydrogen (secondary N) is 1. The highest BCUT2D eigenvalue weighted by Gasteiger charge is 2.20. The standard InChI is InChI=1S/C20H20N4S/c1-4-15-6-8-16(9-7-15)12-17(14(2)3)18-13-25-20(23-18)24-19-21-10-5-11-22-19/h1,5-11,13-14,17H,12H2,2-3H3,(H,21,22,23,24)/t17-/m0/s1. The van der Waals surface area contributed by atoms with Crippen molar-refractivity contribution in [1.29, 1.82) is 0 Å². The van der Waals surface area contributed by atoms with Gasteiger partial charge in [0.1, 0.15) is 0 Å². The maximum Gasteiger partial charge on any atom is 0.228 e. The molecule has 4 nitrogen and oxygen atoms in total. The normalized spacial score (nSPS) is 11.9. The van der Waals surface area contributed by atoms with Crippen LogP contribution in [0.4, 0.5) is 11.1 Å². The third-order valence-electron chi connectivity index (χ3n) is 4.07.